The molecule has 0 aliphatic heterocycles. The van der Waals surface area contributed by atoms with Crippen LogP contribution in [0.25, 0.3) is 0 Å². The average Bonchev–Trinajstić information content (AvgIpc) is 2.03. The van der Waals surface area contributed by atoms with Crippen LogP contribution in [0.3, 0.4) is 0 Å². The van der Waals surface area contributed by atoms with E-state index in [1.165, 1.54) is 0 Å². The molecule has 1 N–H and O–H groups in total. The predicted molar refractivity (Wildman–Crippen MR) is 52.8 cm³/mol. The van der Waals surface area contributed by atoms with Gasteiger partial charge in [0, 0.05) is 0 Å². The maximum absolute atomic E-state index is 11.6. The molecule has 0 saturated heterocycles. The fourth-order valence-electron chi connectivity index (χ4n) is 0.682. The largest absolute Gasteiger partial charge is 0.459 e. The number of hydrogen-bond acceptors (Lipinski definition) is 4. The SMILES string of the molecule is CCC(C)(C)OC(=O)C(C)(C)COO. The molecule has 0 fully saturated rings. The molecule has 0 spiro atoms. The standard InChI is InChI=1S/C10H20O4/c1-6-10(4,5)14-8(11)9(2,3)7-13-12/h12H,6-7H2,1-5H3. The summed E-state index contributed by atoms with van der Waals surface area (Å²) in [5, 5.41) is 8.30. The number of rotatable bonds is 5. The van der Waals surface area contributed by atoms with Crippen LogP contribution in [0.4, 0.5) is 0 Å². The minimum atomic E-state index is -0.818. The molecule has 0 aliphatic carbocycles. The average molecular weight is 204 g/mol. The summed E-state index contributed by atoms with van der Waals surface area (Å²) in [5.74, 6) is -0.363. The van der Waals surface area contributed by atoms with E-state index in [0.29, 0.717) is 0 Å². The van der Waals surface area contributed by atoms with Crippen LogP contribution in [0, 0.1) is 5.41 Å². The number of ether oxygens (including phenoxy) is 1. The zero-order valence-corrected chi connectivity index (χ0v) is 9.59. The summed E-state index contributed by atoms with van der Waals surface area (Å²) >= 11 is 0. The van der Waals surface area contributed by atoms with Crippen molar-refractivity contribution in [1.29, 1.82) is 0 Å². The van der Waals surface area contributed by atoms with Gasteiger partial charge >= 0.3 is 5.97 Å². The zero-order valence-electron chi connectivity index (χ0n) is 9.59. The van der Waals surface area contributed by atoms with Crippen molar-refractivity contribution >= 4 is 5.97 Å². The van der Waals surface area contributed by atoms with Gasteiger partial charge in [0.25, 0.3) is 0 Å². The normalized spacial score (nSPS) is 12.7. The molecule has 14 heavy (non-hydrogen) atoms. The smallest absolute Gasteiger partial charge is 0.314 e. The Kier molecular flexibility index (Phi) is 4.55. The molecule has 0 aromatic heterocycles. The summed E-state index contributed by atoms with van der Waals surface area (Å²) < 4.78 is 5.27. The topological polar surface area (TPSA) is 55.8 Å². The van der Waals surface area contributed by atoms with E-state index in [0.717, 1.165) is 6.42 Å². The fourth-order valence-corrected chi connectivity index (χ4v) is 0.682. The van der Waals surface area contributed by atoms with Gasteiger partial charge in [0.15, 0.2) is 0 Å². The Morgan fingerprint density at radius 1 is 1.29 bits per heavy atom. The lowest BCUT2D eigenvalue weighted by Gasteiger charge is -2.29. The molecule has 0 radical (unpaired) electrons. The van der Waals surface area contributed by atoms with Crippen molar-refractivity contribution in [2.45, 2.75) is 46.6 Å². The van der Waals surface area contributed by atoms with E-state index in [-0.39, 0.29) is 12.6 Å². The van der Waals surface area contributed by atoms with Gasteiger partial charge in [-0.25, -0.2) is 4.89 Å². The Bertz CT molecular complexity index is 196. The van der Waals surface area contributed by atoms with Crippen molar-refractivity contribution in [3.05, 3.63) is 0 Å². The van der Waals surface area contributed by atoms with Crippen LogP contribution in [-0.4, -0.2) is 23.4 Å². The van der Waals surface area contributed by atoms with E-state index in [1.54, 1.807) is 13.8 Å². The fraction of sp³-hybridized carbons (Fsp3) is 0.900. The third kappa shape index (κ3) is 4.07. The van der Waals surface area contributed by atoms with E-state index in [2.05, 4.69) is 4.89 Å². The lowest BCUT2D eigenvalue weighted by atomic mass is 9.94. The van der Waals surface area contributed by atoms with Crippen molar-refractivity contribution < 1.29 is 19.7 Å². The van der Waals surface area contributed by atoms with Gasteiger partial charge in [-0.2, -0.15) is 0 Å². The molecule has 0 unspecified atom stereocenters. The number of hydrogen-bond donors (Lipinski definition) is 1. The highest BCUT2D eigenvalue weighted by molar-refractivity contribution is 5.76. The highest BCUT2D eigenvalue weighted by Crippen LogP contribution is 2.23. The molecule has 0 saturated carbocycles. The Hall–Kier alpha value is -0.610. The summed E-state index contributed by atoms with van der Waals surface area (Å²) in [4.78, 5) is 15.6. The van der Waals surface area contributed by atoms with Gasteiger partial charge in [0.2, 0.25) is 0 Å². The maximum atomic E-state index is 11.6. The minimum Gasteiger partial charge on any atom is -0.459 e. The second kappa shape index (κ2) is 4.75. The Morgan fingerprint density at radius 2 is 1.79 bits per heavy atom. The van der Waals surface area contributed by atoms with E-state index in [1.807, 2.05) is 20.8 Å². The van der Waals surface area contributed by atoms with Crippen LogP contribution in [0.1, 0.15) is 41.0 Å². The predicted octanol–water partition coefficient (Wildman–Crippen LogP) is 2.23. The van der Waals surface area contributed by atoms with Crippen LogP contribution >= 0.6 is 0 Å². The first-order valence-corrected chi connectivity index (χ1v) is 4.75. The van der Waals surface area contributed by atoms with Gasteiger partial charge < -0.3 is 4.74 Å². The van der Waals surface area contributed by atoms with Crippen LogP contribution in [-0.2, 0) is 14.4 Å². The van der Waals surface area contributed by atoms with Gasteiger partial charge in [-0.3, -0.25) is 10.1 Å². The molecule has 0 atom stereocenters. The molecule has 4 nitrogen and oxygen atoms in total. The first kappa shape index (κ1) is 13.4. The quantitative estimate of drug-likeness (QED) is 0.424. The molecular weight excluding hydrogens is 184 g/mol. The monoisotopic (exact) mass is 204 g/mol. The zero-order chi connectivity index (χ0) is 11.4. The molecule has 0 aromatic rings. The van der Waals surface area contributed by atoms with E-state index in [4.69, 9.17) is 9.99 Å². The summed E-state index contributed by atoms with van der Waals surface area (Å²) in [6.07, 6.45) is 0.745. The summed E-state index contributed by atoms with van der Waals surface area (Å²) in [7, 11) is 0. The van der Waals surface area contributed by atoms with Gasteiger partial charge in [-0.1, -0.05) is 6.92 Å². The van der Waals surface area contributed by atoms with Gasteiger partial charge in [0.05, 0.1) is 12.0 Å². The molecule has 0 bridgehead atoms. The Labute approximate surface area is 85.1 Å². The Morgan fingerprint density at radius 3 is 2.14 bits per heavy atom. The number of carbonyl (C=O) groups excluding carboxylic acids is 1. The highest BCUT2D eigenvalue weighted by atomic mass is 17.1. The third-order valence-corrected chi connectivity index (χ3v) is 2.20. The van der Waals surface area contributed by atoms with Crippen LogP contribution < -0.4 is 0 Å². The molecule has 4 heteroatoms. The lowest BCUT2D eigenvalue weighted by molar-refractivity contribution is -0.261. The highest BCUT2D eigenvalue weighted by Gasteiger charge is 2.34. The molecule has 0 aliphatic rings. The summed E-state index contributed by atoms with van der Waals surface area (Å²) in [5.41, 5.74) is -1.29. The van der Waals surface area contributed by atoms with Gasteiger partial charge in [-0.15, -0.1) is 0 Å². The van der Waals surface area contributed by atoms with Crippen molar-refractivity contribution in [2.75, 3.05) is 6.61 Å². The Balaban J connectivity index is 4.34. The molecule has 0 amide bonds. The second-order valence-electron chi connectivity index (χ2n) is 4.66. The van der Waals surface area contributed by atoms with E-state index in [9.17, 15) is 4.79 Å². The number of esters is 1. The van der Waals surface area contributed by atoms with Crippen LogP contribution in [0.5, 0.6) is 0 Å². The van der Waals surface area contributed by atoms with Gasteiger partial charge in [-0.05, 0) is 34.1 Å². The van der Waals surface area contributed by atoms with Crippen LogP contribution in [0.15, 0.2) is 0 Å². The maximum Gasteiger partial charge on any atom is 0.314 e. The number of carbonyl (C=O) groups is 1. The molecule has 0 heterocycles. The summed E-state index contributed by atoms with van der Waals surface area (Å²) in [6, 6.07) is 0. The van der Waals surface area contributed by atoms with E-state index >= 15 is 0 Å². The van der Waals surface area contributed by atoms with E-state index < -0.39 is 11.0 Å². The van der Waals surface area contributed by atoms with Crippen molar-refractivity contribution in [1.82, 2.24) is 0 Å². The van der Waals surface area contributed by atoms with Crippen molar-refractivity contribution in [3.63, 3.8) is 0 Å². The first-order chi connectivity index (χ1) is 6.25. The van der Waals surface area contributed by atoms with Gasteiger partial charge in [0.1, 0.15) is 5.60 Å². The first-order valence-electron chi connectivity index (χ1n) is 4.75. The molecule has 84 valence electrons. The van der Waals surface area contributed by atoms with Crippen LogP contribution in [0.2, 0.25) is 0 Å². The minimum absolute atomic E-state index is 0.0639. The molecule has 0 aromatic carbocycles. The molecular formula is C10H20O4. The lowest BCUT2D eigenvalue weighted by Crippen LogP contribution is -2.37. The van der Waals surface area contributed by atoms with Crippen molar-refractivity contribution in [3.8, 4) is 0 Å². The second-order valence-corrected chi connectivity index (χ2v) is 4.66. The summed E-state index contributed by atoms with van der Waals surface area (Å²) in [6.45, 7) is 8.91. The van der Waals surface area contributed by atoms with Crippen molar-refractivity contribution in [2.24, 2.45) is 5.41 Å². The third-order valence-electron chi connectivity index (χ3n) is 2.20. The molecule has 0 rings (SSSR count).